The van der Waals surface area contributed by atoms with Gasteiger partial charge in [0.2, 0.25) is 0 Å². The molecule has 0 aliphatic carbocycles. The van der Waals surface area contributed by atoms with Crippen molar-refractivity contribution in [2.75, 3.05) is 18.4 Å². The first-order chi connectivity index (χ1) is 11.5. The van der Waals surface area contributed by atoms with Crippen molar-refractivity contribution in [3.63, 3.8) is 0 Å². The number of pyridine rings is 1. The van der Waals surface area contributed by atoms with Gasteiger partial charge in [-0.05, 0) is 30.7 Å². The summed E-state index contributed by atoms with van der Waals surface area (Å²) in [5.41, 5.74) is 0.0234. The van der Waals surface area contributed by atoms with E-state index >= 15 is 0 Å². The van der Waals surface area contributed by atoms with Gasteiger partial charge in [0, 0.05) is 19.3 Å². The van der Waals surface area contributed by atoms with Gasteiger partial charge in [-0.3, -0.25) is 4.79 Å². The molecule has 0 spiro atoms. The van der Waals surface area contributed by atoms with Crippen LogP contribution in [0.15, 0.2) is 36.5 Å². The van der Waals surface area contributed by atoms with E-state index in [2.05, 4.69) is 15.6 Å². The van der Waals surface area contributed by atoms with Crippen molar-refractivity contribution in [1.82, 2.24) is 10.3 Å². The van der Waals surface area contributed by atoms with Crippen molar-refractivity contribution in [3.05, 3.63) is 59.3 Å². The van der Waals surface area contributed by atoms with E-state index < -0.39 is 17.7 Å². The smallest absolute Gasteiger partial charge is 0.252 e. The minimum absolute atomic E-state index is 0.119. The average Bonchev–Trinajstić information content (AvgIpc) is 2.58. The number of carbonyl (C=O) groups excluding carboxylic acids is 1. The van der Waals surface area contributed by atoms with Crippen molar-refractivity contribution in [1.29, 1.82) is 0 Å². The number of aromatic nitrogens is 1. The highest BCUT2D eigenvalue weighted by Crippen LogP contribution is 2.21. The number of aliphatic hydroxyl groups excluding tert-OH is 1. The van der Waals surface area contributed by atoms with E-state index in [4.69, 9.17) is 0 Å². The second kappa shape index (κ2) is 8.35. The molecule has 0 aliphatic heterocycles. The van der Waals surface area contributed by atoms with Crippen LogP contribution in [-0.4, -0.2) is 29.1 Å². The number of nitrogens with one attached hydrogen (secondary N) is 2. The molecule has 0 bridgehead atoms. The monoisotopic (exact) mass is 335 g/mol. The maximum absolute atomic E-state index is 13.6. The van der Waals surface area contributed by atoms with E-state index in [-0.39, 0.29) is 18.0 Å². The standard InChI is InChI=1S/C17H19F2N3O2/c1-2-8-20-17(24)11-6-7-15(21-9-11)22-10-14(23)16-12(18)4-3-5-13(16)19/h3-7,9,14,23H,2,8,10H2,1H3,(H,20,24)(H,21,22). The number of aliphatic hydroxyl groups is 1. The molecule has 2 rings (SSSR count). The molecule has 0 saturated carbocycles. The Labute approximate surface area is 138 Å². The van der Waals surface area contributed by atoms with E-state index in [0.717, 1.165) is 18.6 Å². The van der Waals surface area contributed by atoms with Crippen molar-refractivity contribution in [2.24, 2.45) is 0 Å². The number of amides is 1. The summed E-state index contributed by atoms with van der Waals surface area (Å²) in [5.74, 6) is -1.44. The van der Waals surface area contributed by atoms with Crippen LogP contribution < -0.4 is 10.6 Å². The molecule has 1 atom stereocenters. The molecule has 3 N–H and O–H groups in total. The fourth-order valence-corrected chi connectivity index (χ4v) is 2.11. The molecule has 128 valence electrons. The van der Waals surface area contributed by atoms with Gasteiger partial charge in [-0.25, -0.2) is 13.8 Å². The Morgan fingerprint density at radius 2 is 1.96 bits per heavy atom. The number of benzene rings is 1. The highest BCUT2D eigenvalue weighted by atomic mass is 19.1. The number of halogens is 2. The van der Waals surface area contributed by atoms with Gasteiger partial charge < -0.3 is 15.7 Å². The zero-order chi connectivity index (χ0) is 17.5. The first kappa shape index (κ1) is 17.8. The molecule has 0 radical (unpaired) electrons. The second-order valence-electron chi connectivity index (χ2n) is 5.22. The van der Waals surface area contributed by atoms with Crippen LogP contribution in [0.2, 0.25) is 0 Å². The van der Waals surface area contributed by atoms with Gasteiger partial charge in [-0.15, -0.1) is 0 Å². The summed E-state index contributed by atoms with van der Waals surface area (Å²) in [4.78, 5) is 15.8. The third-order valence-electron chi connectivity index (χ3n) is 3.37. The Bertz CT molecular complexity index is 672. The van der Waals surface area contributed by atoms with E-state index in [1.807, 2.05) is 6.92 Å². The van der Waals surface area contributed by atoms with Gasteiger partial charge in [0.05, 0.1) is 11.1 Å². The molecule has 1 unspecified atom stereocenters. The van der Waals surface area contributed by atoms with Crippen LogP contribution in [0.5, 0.6) is 0 Å². The summed E-state index contributed by atoms with van der Waals surface area (Å²) >= 11 is 0. The van der Waals surface area contributed by atoms with Gasteiger partial charge in [-0.2, -0.15) is 0 Å². The number of hydrogen-bond donors (Lipinski definition) is 3. The van der Waals surface area contributed by atoms with Crippen LogP contribution in [0.1, 0.15) is 35.4 Å². The number of hydrogen-bond acceptors (Lipinski definition) is 4. The fraction of sp³-hybridized carbons (Fsp3) is 0.294. The zero-order valence-corrected chi connectivity index (χ0v) is 13.2. The molecule has 1 heterocycles. The summed E-state index contributed by atoms with van der Waals surface area (Å²) in [6, 6.07) is 6.55. The number of rotatable bonds is 7. The number of nitrogens with zero attached hydrogens (tertiary/aromatic N) is 1. The zero-order valence-electron chi connectivity index (χ0n) is 13.2. The van der Waals surface area contributed by atoms with E-state index in [1.54, 1.807) is 12.1 Å². The lowest BCUT2D eigenvalue weighted by Crippen LogP contribution is -2.24. The topological polar surface area (TPSA) is 74.2 Å². The first-order valence-corrected chi connectivity index (χ1v) is 7.63. The minimum atomic E-state index is -1.36. The quantitative estimate of drug-likeness (QED) is 0.727. The maximum Gasteiger partial charge on any atom is 0.252 e. The molecular weight excluding hydrogens is 316 g/mol. The summed E-state index contributed by atoms with van der Waals surface area (Å²) in [5, 5.41) is 15.5. The molecule has 0 saturated heterocycles. The van der Waals surface area contributed by atoms with Crippen LogP contribution in [0.25, 0.3) is 0 Å². The normalized spacial score (nSPS) is 11.8. The Hall–Kier alpha value is -2.54. The lowest BCUT2D eigenvalue weighted by atomic mass is 10.1. The molecular formula is C17H19F2N3O2. The van der Waals surface area contributed by atoms with Gasteiger partial charge in [0.25, 0.3) is 5.91 Å². The van der Waals surface area contributed by atoms with Gasteiger partial charge >= 0.3 is 0 Å². The molecule has 0 aliphatic rings. The van der Waals surface area contributed by atoms with Crippen molar-refractivity contribution in [3.8, 4) is 0 Å². The molecule has 7 heteroatoms. The maximum atomic E-state index is 13.6. The largest absolute Gasteiger partial charge is 0.386 e. The van der Waals surface area contributed by atoms with E-state index in [9.17, 15) is 18.7 Å². The molecule has 1 aromatic carbocycles. The third kappa shape index (κ3) is 4.48. The summed E-state index contributed by atoms with van der Waals surface area (Å²) in [6.45, 7) is 2.42. The molecule has 5 nitrogen and oxygen atoms in total. The summed E-state index contributed by atoms with van der Waals surface area (Å²) < 4.78 is 27.2. The predicted molar refractivity (Wildman–Crippen MR) is 86.7 cm³/mol. The average molecular weight is 335 g/mol. The van der Waals surface area contributed by atoms with Gasteiger partial charge in [0.15, 0.2) is 0 Å². The summed E-state index contributed by atoms with van der Waals surface area (Å²) in [7, 11) is 0. The second-order valence-corrected chi connectivity index (χ2v) is 5.22. The van der Waals surface area contributed by atoms with E-state index in [1.165, 1.54) is 12.3 Å². The number of carbonyl (C=O) groups is 1. The van der Waals surface area contributed by atoms with Crippen LogP contribution in [-0.2, 0) is 0 Å². The van der Waals surface area contributed by atoms with E-state index in [0.29, 0.717) is 17.9 Å². The summed E-state index contributed by atoms with van der Waals surface area (Å²) in [6.07, 6.45) is 0.868. The van der Waals surface area contributed by atoms with Gasteiger partial charge in [-0.1, -0.05) is 13.0 Å². The lowest BCUT2D eigenvalue weighted by Gasteiger charge is -2.14. The highest BCUT2D eigenvalue weighted by molar-refractivity contribution is 5.93. The van der Waals surface area contributed by atoms with Crippen molar-refractivity contribution >= 4 is 11.7 Å². The Morgan fingerprint density at radius 3 is 2.54 bits per heavy atom. The molecule has 2 aromatic rings. The van der Waals surface area contributed by atoms with Crippen LogP contribution >= 0.6 is 0 Å². The molecule has 0 fully saturated rings. The lowest BCUT2D eigenvalue weighted by molar-refractivity contribution is 0.0953. The van der Waals surface area contributed by atoms with Crippen molar-refractivity contribution < 1.29 is 18.7 Å². The molecule has 1 amide bonds. The number of anilines is 1. The van der Waals surface area contributed by atoms with Crippen LogP contribution in [0, 0.1) is 11.6 Å². The van der Waals surface area contributed by atoms with Gasteiger partial charge in [0.1, 0.15) is 23.6 Å². The van der Waals surface area contributed by atoms with Crippen molar-refractivity contribution in [2.45, 2.75) is 19.4 Å². The third-order valence-corrected chi connectivity index (χ3v) is 3.37. The fourth-order valence-electron chi connectivity index (χ4n) is 2.11. The molecule has 24 heavy (non-hydrogen) atoms. The Kier molecular flexibility index (Phi) is 6.20. The highest BCUT2D eigenvalue weighted by Gasteiger charge is 2.17. The first-order valence-electron chi connectivity index (χ1n) is 7.63. The van der Waals surface area contributed by atoms with Crippen LogP contribution in [0.4, 0.5) is 14.6 Å². The SMILES string of the molecule is CCCNC(=O)c1ccc(NCC(O)c2c(F)cccc2F)nc1. The minimum Gasteiger partial charge on any atom is -0.386 e. The Balaban J connectivity index is 1.96. The Morgan fingerprint density at radius 1 is 1.25 bits per heavy atom. The van der Waals surface area contributed by atoms with Crippen LogP contribution in [0.3, 0.4) is 0 Å². The predicted octanol–water partition coefficient (Wildman–Crippen LogP) is 2.65. The molecule has 1 aromatic heterocycles.